The number of rotatable bonds is 0. The molecule has 0 atom stereocenters. The number of aromatic hydroxyl groups is 1. The molecule has 1 aliphatic heterocycles. The van der Waals surface area contributed by atoms with Gasteiger partial charge in [0.25, 0.3) is 0 Å². The highest BCUT2D eigenvalue weighted by atomic mass is 35.5. The summed E-state index contributed by atoms with van der Waals surface area (Å²) in [7, 11) is 1.64. The third-order valence-corrected chi connectivity index (χ3v) is 2.40. The third kappa shape index (κ3) is 2.07. The van der Waals surface area contributed by atoms with Gasteiger partial charge in [0.1, 0.15) is 5.75 Å². The van der Waals surface area contributed by atoms with Crippen LogP contribution in [0.25, 0.3) is 0 Å². The van der Waals surface area contributed by atoms with E-state index in [4.69, 9.17) is 11.6 Å². The number of anilines is 1. The number of hydrogen-bond acceptors (Lipinski definition) is 2. The Hall–Kier alpha value is -1.22. The lowest BCUT2D eigenvalue weighted by Gasteiger charge is -2.11. The van der Waals surface area contributed by atoms with Crippen molar-refractivity contribution in [1.29, 1.82) is 0 Å². The average Bonchev–Trinajstić information content (AvgIpc) is 2.45. The quantitative estimate of drug-likeness (QED) is 0.740. The zero-order valence-corrected chi connectivity index (χ0v) is 9.80. The normalized spacial score (nSPS) is 13.3. The molecular formula is C11H14ClNO2. The molecule has 15 heavy (non-hydrogen) atoms. The number of likely N-dealkylation sites (N-methyl/N-ethyl adjacent to an activating group) is 1. The molecule has 0 saturated heterocycles. The molecule has 0 spiro atoms. The number of carbonyl (C=O) groups excluding carboxylic acids is 1. The second-order valence-electron chi connectivity index (χ2n) is 3.06. The van der Waals surface area contributed by atoms with Crippen molar-refractivity contribution in [2.45, 2.75) is 20.3 Å². The minimum Gasteiger partial charge on any atom is -0.506 e. The molecule has 1 N–H and O–H groups in total. The van der Waals surface area contributed by atoms with Crippen LogP contribution in [0.4, 0.5) is 5.69 Å². The van der Waals surface area contributed by atoms with Gasteiger partial charge in [-0.2, -0.15) is 0 Å². The van der Waals surface area contributed by atoms with E-state index in [9.17, 15) is 9.90 Å². The number of carbonyl (C=O) groups is 1. The Morgan fingerprint density at radius 1 is 1.40 bits per heavy atom. The van der Waals surface area contributed by atoms with E-state index < -0.39 is 0 Å². The standard InChI is InChI=1S/C9H8ClNO2.C2H6/c1-11-8(13)3-5-2-6(10)4-7(12)9(5)11;1-2/h2,4,12H,3H2,1H3;1-2H3. The van der Waals surface area contributed by atoms with Crippen LogP contribution in [-0.2, 0) is 11.2 Å². The molecule has 0 aromatic heterocycles. The van der Waals surface area contributed by atoms with Gasteiger partial charge in [-0.3, -0.25) is 4.79 Å². The summed E-state index contributed by atoms with van der Waals surface area (Å²) in [6, 6.07) is 3.15. The second-order valence-corrected chi connectivity index (χ2v) is 3.50. The first-order valence-electron chi connectivity index (χ1n) is 4.87. The summed E-state index contributed by atoms with van der Waals surface area (Å²) in [6.07, 6.45) is 0.319. The summed E-state index contributed by atoms with van der Waals surface area (Å²) in [4.78, 5) is 12.7. The van der Waals surface area contributed by atoms with Gasteiger partial charge in [0.05, 0.1) is 12.1 Å². The van der Waals surface area contributed by atoms with E-state index in [0.717, 1.165) is 5.56 Å². The summed E-state index contributed by atoms with van der Waals surface area (Å²) in [5.41, 5.74) is 1.37. The van der Waals surface area contributed by atoms with Crippen LogP contribution in [0.5, 0.6) is 5.75 Å². The van der Waals surface area contributed by atoms with Crippen molar-refractivity contribution in [3.8, 4) is 5.75 Å². The van der Waals surface area contributed by atoms with Gasteiger partial charge in [-0.05, 0) is 11.6 Å². The van der Waals surface area contributed by atoms with Crippen LogP contribution in [0.2, 0.25) is 5.02 Å². The molecule has 0 saturated carbocycles. The van der Waals surface area contributed by atoms with Gasteiger partial charge in [0, 0.05) is 18.1 Å². The van der Waals surface area contributed by atoms with E-state index in [1.807, 2.05) is 13.8 Å². The molecule has 3 nitrogen and oxygen atoms in total. The summed E-state index contributed by atoms with van der Waals surface area (Å²) >= 11 is 5.73. The summed E-state index contributed by atoms with van der Waals surface area (Å²) in [6.45, 7) is 4.00. The van der Waals surface area contributed by atoms with Gasteiger partial charge in [-0.15, -0.1) is 0 Å². The second kappa shape index (κ2) is 4.53. The molecular weight excluding hydrogens is 214 g/mol. The first-order chi connectivity index (χ1) is 7.09. The fourth-order valence-corrected chi connectivity index (χ4v) is 1.80. The number of halogens is 1. The largest absolute Gasteiger partial charge is 0.506 e. The van der Waals surface area contributed by atoms with Crippen molar-refractivity contribution in [2.24, 2.45) is 0 Å². The molecule has 4 heteroatoms. The summed E-state index contributed by atoms with van der Waals surface area (Å²) in [5, 5.41) is 9.98. The zero-order valence-electron chi connectivity index (χ0n) is 9.04. The van der Waals surface area contributed by atoms with Crippen molar-refractivity contribution in [2.75, 3.05) is 11.9 Å². The van der Waals surface area contributed by atoms with Crippen LogP contribution in [0, 0.1) is 0 Å². The van der Waals surface area contributed by atoms with E-state index in [1.54, 1.807) is 13.1 Å². The highest BCUT2D eigenvalue weighted by Gasteiger charge is 2.27. The Labute approximate surface area is 94.3 Å². The molecule has 1 heterocycles. The Morgan fingerprint density at radius 3 is 2.60 bits per heavy atom. The van der Waals surface area contributed by atoms with Crippen LogP contribution < -0.4 is 4.90 Å². The van der Waals surface area contributed by atoms with E-state index in [2.05, 4.69) is 0 Å². The molecule has 1 aromatic carbocycles. The maximum Gasteiger partial charge on any atom is 0.231 e. The number of phenolic OH excluding ortho intramolecular Hbond substituents is 1. The van der Waals surface area contributed by atoms with Gasteiger partial charge >= 0.3 is 0 Å². The number of fused-ring (bicyclic) bond motifs is 1. The number of hydrogen-bond donors (Lipinski definition) is 1. The number of benzene rings is 1. The number of nitrogens with zero attached hydrogens (tertiary/aromatic N) is 1. The van der Waals surface area contributed by atoms with Crippen molar-refractivity contribution in [3.05, 3.63) is 22.7 Å². The van der Waals surface area contributed by atoms with Crippen molar-refractivity contribution in [3.63, 3.8) is 0 Å². The molecule has 2 rings (SSSR count). The molecule has 1 amide bonds. The SMILES string of the molecule is CC.CN1C(=O)Cc2cc(Cl)cc(O)c21. The Bertz CT molecular complexity index is 390. The predicted molar refractivity (Wildman–Crippen MR) is 61.6 cm³/mol. The van der Waals surface area contributed by atoms with Crippen molar-refractivity contribution in [1.82, 2.24) is 0 Å². The van der Waals surface area contributed by atoms with E-state index in [1.165, 1.54) is 11.0 Å². The Morgan fingerprint density at radius 2 is 2.00 bits per heavy atom. The molecule has 0 aliphatic carbocycles. The first-order valence-corrected chi connectivity index (χ1v) is 5.25. The van der Waals surface area contributed by atoms with E-state index in [-0.39, 0.29) is 11.7 Å². The van der Waals surface area contributed by atoms with Crippen LogP contribution >= 0.6 is 11.6 Å². The first kappa shape index (κ1) is 11.9. The molecule has 0 radical (unpaired) electrons. The minimum atomic E-state index is -0.0208. The lowest BCUT2D eigenvalue weighted by molar-refractivity contribution is -0.117. The number of phenols is 1. The number of amides is 1. The summed E-state index contributed by atoms with van der Waals surface area (Å²) in [5.74, 6) is 0.0448. The maximum absolute atomic E-state index is 11.3. The van der Waals surface area contributed by atoms with Gasteiger partial charge in [-0.1, -0.05) is 25.4 Å². The molecule has 0 bridgehead atoms. The highest BCUT2D eigenvalue weighted by Crippen LogP contribution is 2.38. The fourth-order valence-electron chi connectivity index (χ4n) is 1.57. The maximum atomic E-state index is 11.3. The minimum absolute atomic E-state index is 0.0208. The molecule has 1 aromatic rings. The van der Waals surface area contributed by atoms with Crippen molar-refractivity contribution >= 4 is 23.2 Å². The fraction of sp³-hybridized carbons (Fsp3) is 0.364. The summed E-state index contributed by atoms with van der Waals surface area (Å²) < 4.78 is 0. The van der Waals surface area contributed by atoms with Crippen LogP contribution in [0.1, 0.15) is 19.4 Å². The predicted octanol–water partition coefficient (Wildman–Crippen LogP) is 2.59. The third-order valence-electron chi connectivity index (χ3n) is 2.18. The van der Waals surface area contributed by atoms with Gasteiger partial charge in [-0.25, -0.2) is 0 Å². The Balaban J connectivity index is 0.000000531. The Kier molecular flexibility index (Phi) is 3.58. The van der Waals surface area contributed by atoms with Crippen LogP contribution in [0.3, 0.4) is 0 Å². The smallest absolute Gasteiger partial charge is 0.231 e. The monoisotopic (exact) mass is 227 g/mol. The van der Waals surface area contributed by atoms with Crippen LogP contribution in [-0.4, -0.2) is 18.1 Å². The van der Waals surface area contributed by atoms with Gasteiger partial charge in [0.2, 0.25) is 5.91 Å². The van der Waals surface area contributed by atoms with Crippen LogP contribution in [0.15, 0.2) is 12.1 Å². The van der Waals surface area contributed by atoms with Gasteiger partial charge < -0.3 is 10.0 Å². The molecule has 0 unspecified atom stereocenters. The van der Waals surface area contributed by atoms with Gasteiger partial charge in [0.15, 0.2) is 0 Å². The zero-order chi connectivity index (χ0) is 11.6. The van der Waals surface area contributed by atoms with Crippen molar-refractivity contribution < 1.29 is 9.90 Å². The lowest BCUT2D eigenvalue weighted by Crippen LogP contribution is -2.20. The topological polar surface area (TPSA) is 40.5 Å². The highest BCUT2D eigenvalue weighted by molar-refractivity contribution is 6.31. The lowest BCUT2D eigenvalue weighted by atomic mass is 10.1. The molecule has 82 valence electrons. The average molecular weight is 228 g/mol. The molecule has 1 aliphatic rings. The van der Waals surface area contributed by atoms with E-state index >= 15 is 0 Å². The van der Waals surface area contributed by atoms with E-state index in [0.29, 0.717) is 17.1 Å². The molecule has 0 fully saturated rings.